The average molecular weight is 257 g/mol. The minimum Gasteiger partial charge on any atom is -0.396 e. The summed E-state index contributed by atoms with van der Waals surface area (Å²) in [6.07, 6.45) is 0. The molecule has 1 rings (SSSR count). The van der Waals surface area contributed by atoms with Gasteiger partial charge in [0.1, 0.15) is 0 Å². The molecule has 0 fully saturated rings. The second-order valence-electron chi connectivity index (χ2n) is 2.88. The molecule has 0 saturated heterocycles. The van der Waals surface area contributed by atoms with E-state index in [9.17, 15) is 10.1 Å². The van der Waals surface area contributed by atoms with Crippen molar-refractivity contribution < 1.29 is 15.1 Å². The highest BCUT2D eigenvalue weighted by atomic mass is 16.6. The molecule has 0 aromatic heterocycles. The first-order valence-corrected chi connectivity index (χ1v) is 6.15. The summed E-state index contributed by atoms with van der Waals surface area (Å²) in [5, 5.41) is 28.4. The molecule has 0 atom stereocenters. The molecular formula is C13H23NO4. The molecule has 0 aliphatic carbocycles. The average Bonchev–Trinajstić information content (AvgIpc) is 2.45. The van der Waals surface area contributed by atoms with E-state index in [0.717, 1.165) is 0 Å². The van der Waals surface area contributed by atoms with Crippen LogP contribution >= 0.6 is 0 Å². The molecule has 0 spiro atoms. The van der Waals surface area contributed by atoms with Gasteiger partial charge in [0.25, 0.3) is 5.69 Å². The summed E-state index contributed by atoms with van der Waals surface area (Å²) in [5.74, 6) is -0.586. The minimum absolute atomic E-state index is 0.0689. The van der Waals surface area contributed by atoms with Crippen molar-refractivity contribution in [3.05, 3.63) is 39.9 Å². The van der Waals surface area contributed by atoms with Crippen molar-refractivity contribution in [1.29, 1.82) is 0 Å². The molecule has 0 bridgehead atoms. The third kappa shape index (κ3) is 5.75. The van der Waals surface area contributed by atoms with E-state index in [4.69, 9.17) is 10.2 Å². The molecule has 0 radical (unpaired) electrons. The maximum Gasteiger partial charge on any atom is 0.273 e. The van der Waals surface area contributed by atoms with Crippen LogP contribution in [0, 0.1) is 10.1 Å². The van der Waals surface area contributed by atoms with Gasteiger partial charge in [-0.3, -0.25) is 10.1 Å². The van der Waals surface area contributed by atoms with Gasteiger partial charge in [0.2, 0.25) is 0 Å². The predicted molar refractivity (Wildman–Crippen MR) is 72.7 cm³/mol. The number of hydrogen-bond donors (Lipinski definition) is 2. The Morgan fingerprint density at radius 2 is 1.56 bits per heavy atom. The Balaban J connectivity index is 0. The van der Waals surface area contributed by atoms with Crippen LogP contribution in [0.2, 0.25) is 0 Å². The summed E-state index contributed by atoms with van der Waals surface area (Å²) in [5.41, 5.74) is 0.295. The van der Waals surface area contributed by atoms with Crippen molar-refractivity contribution in [3.63, 3.8) is 0 Å². The summed E-state index contributed by atoms with van der Waals surface area (Å²) in [7, 11) is 0. The molecule has 5 heteroatoms. The van der Waals surface area contributed by atoms with Gasteiger partial charge >= 0.3 is 0 Å². The van der Waals surface area contributed by atoms with E-state index < -0.39 is 10.8 Å². The number of para-hydroxylation sites is 1. The molecule has 0 aliphatic rings. The fraction of sp³-hybridized carbons (Fsp3) is 0.538. The first-order valence-electron chi connectivity index (χ1n) is 6.15. The van der Waals surface area contributed by atoms with Crippen molar-refractivity contribution in [2.24, 2.45) is 0 Å². The van der Waals surface area contributed by atoms with Crippen molar-refractivity contribution in [2.75, 3.05) is 13.2 Å². The van der Waals surface area contributed by atoms with Crippen LogP contribution in [-0.4, -0.2) is 28.4 Å². The number of nitrogens with zero attached hydrogens (tertiary/aromatic N) is 1. The van der Waals surface area contributed by atoms with Gasteiger partial charge in [-0.2, -0.15) is 0 Å². The van der Waals surface area contributed by atoms with Gasteiger partial charge < -0.3 is 10.2 Å². The molecule has 0 saturated carbocycles. The van der Waals surface area contributed by atoms with Crippen molar-refractivity contribution in [1.82, 2.24) is 0 Å². The molecule has 0 aliphatic heterocycles. The molecule has 0 unspecified atom stereocenters. The number of hydrogen-bond acceptors (Lipinski definition) is 4. The molecule has 2 N–H and O–H groups in total. The van der Waals surface area contributed by atoms with E-state index in [0.29, 0.717) is 5.56 Å². The van der Waals surface area contributed by atoms with Gasteiger partial charge in [-0.05, 0) is 0 Å². The Bertz CT molecular complexity index is 325. The molecule has 0 amide bonds. The molecule has 104 valence electrons. The zero-order chi connectivity index (χ0) is 14.6. The second-order valence-corrected chi connectivity index (χ2v) is 2.88. The third-order valence-corrected chi connectivity index (χ3v) is 2.01. The highest BCUT2D eigenvalue weighted by Crippen LogP contribution is 2.25. The van der Waals surface area contributed by atoms with Crippen molar-refractivity contribution in [3.8, 4) is 0 Å². The molecule has 5 nitrogen and oxygen atoms in total. The maximum atomic E-state index is 10.6. The number of aliphatic hydroxyl groups is 2. The van der Waals surface area contributed by atoms with Crippen molar-refractivity contribution in [2.45, 2.75) is 33.6 Å². The Morgan fingerprint density at radius 3 is 1.94 bits per heavy atom. The number of aliphatic hydroxyl groups excluding tert-OH is 2. The fourth-order valence-electron chi connectivity index (χ4n) is 1.25. The lowest BCUT2D eigenvalue weighted by Gasteiger charge is -2.10. The van der Waals surface area contributed by atoms with Gasteiger partial charge in [0.05, 0.1) is 18.1 Å². The van der Waals surface area contributed by atoms with E-state index in [1.807, 2.05) is 27.7 Å². The summed E-state index contributed by atoms with van der Waals surface area (Å²) in [6.45, 7) is 7.39. The van der Waals surface area contributed by atoms with Crippen LogP contribution in [0.5, 0.6) is 0 Å². The van der Waals surface area contributed by atoms with Crippen LogP contribution in [0.4, 0.5) is 5.69 Å². The lowest BCUT2D eigenvalue weighted by atomic mass is 9.99. The summed E-state index contributed by atoms with van der Waals surface area (Å²) < 4.78 is 0. The van der Waals surface area contributed by atoms with Crippen LogP contribution in [0.15, 0.2) is 24.3 Å². The van der Waals surface area contributed by atoms with E-state index >= 15 is 0 Å². The molecular weight excluding hydrogens is 234 g/mol. The fourth-order valence-corrected chi connectivity index (χ4v) is 1.25. The smallest absolute Gasteiger partial charge is 0.273 e. The summed E-state index contributed by atoms with van der Waals surface area (Å²) in [6, 6.07) is 6.08. The zero-order valence-electron chi connectivity index (χ0n) is 11.5. The van der Waals surface area contributed by atoms with Crippen LogP contribution in [-0.2, 0) is 0 Å². The van der Waals surface area contributed by atoms with Crippen LogP contribution in [0.25, 0.3) is 0 Å². The largest absolute Gasteiger partial charge is 0.396 e. The Labute approximate surface area is 108 Å². The van der Waals surface area contributed by atoms with Gasteiger partial charge in [-0.25, -0.2) is 0 Å². The van der Waals surface area contributed by atoms with Gasteiger partial charge in [0, 0.05) is 17.5 Å². The lowest BCUT2D eigenvalue weighted by Crippen LogP contribution is -2.10. The highest BCUT2D eigenvalue weighted by molar-refractivity contribution is 5.42. The standard InChI is InChI=1S/C9H11NO4.2C2H6/c11-5-7(6-12)8-3-1-2-4-9(8)10(13)14;2*1-2/h1-4,7,11-12H,5-6H2;2*1-2H3. The lowest BCUT2D eigenvalue weighted by molar-refractivity contribution is -0.385. The second kappa shape index (κ2) is 12.0. The Morgan fingerprint density at radius 1 is 1.11 bits per heavy atom. The number of benzene rings is 1. The highest BCUT2D eigenvalue weighted by Gasteiger charge is 2.19. The molecule has 18 heavy (non-hydrogen) atoms. The maximum absolute atomic E-state index is 10.6. The van der Waals surface area contributed by atoms with Crippen LogP contribution < -0.4 is 0 Å². The normalized spacial score (nSPS) is 8.83. The first-order chi connectivity index (χ1) is 8.70. The van der Waals surface area contributed by atoms with E-state index in [1.165, 1.54) is 12.1 Å². The summed E-state index contributed by atoms with van der Waals surface area (Å²) in [4.78, 5) is 10.1. The van der Waals surface area contributed by atoms with E-state index in [1.54, 1.807) is 12.1 Å². The topological polar surface area (TPSA) is 83.6 Å². The minimum atomic E-state index is -0.586. The first kappa shape index (κ1) is 18.9. The SMILES string of the molecule is CC.CC.O=[N+]([O-])c1ccccc1C(CO)CO. The Hall–Kier alpha value is -1.46. The number of rotatable bonds is 4. The van der Waals surface area contributed by atoms with E-state index in [-0.39, 0.29) is 18.9 Å². The van der Waals surface area contributed by atoms with Gasteiger partial charge in [0.15, 0.2) is 0 Å². The van der Waals surface area contributed by atoms with Crippen molar-refractivity contribution >= 4 is 5.69 Å². The quantitative estimate of drug-likeness (QED) is 0.641. The van der Waals surface area contributed by atoms with Crippen LogP contribution in [0.1, 0.15) is 39.2 Å². The van der Waals surface area contributed by atoms with Gasteiger partial charge in [-0.15, -0.1) is 0 Å². The Kier molecular flexibility index (Phi) is 12.6. The predicted octanol–water partition coefficient (Wildman–Crippen LogP) is 2.72. The van der Waals surface area contributed by atoms with E-state index in [2.05, 4.69) is 0 Å². The number of nitro groups is 1. The molecule has 1 aromatic rings. The number of nitro benzene ring substituents is 1. The monoisotopic (exact) mass is 257 g/mol. The molecule has 0 heterocycles. The molecule has 1 aromatic carbocycles. The van der Waals surface area contributed by atoms with Gasteiger partial charge in [-0.1, -0.05) is 45.9 Å². The summed E-state index contributed by atoms with van der Waals surface area (Å²) >= 11 is 0. The van der Waals surface area contributed by atoms with Crippen LogP contribution in [0.3, 0.4) is 0 Å². The zero-order valence-corrected chi connectivity index (χ0v) is 11.5. The third-order valence-electron chi connectivity index (χ3n) is 2.01.